The molecular weight excluding hydrogens is 528 g/mol. The van der Waals surface area contributed by atoms with Crippen LogP contribution in [0, 0.1) is 34.9 Å². The van der Waals surface area contributed by atoms with E-state index in [4.69, 9.17) is 11.5 Å². The van der Waals surface area contributed by atoms with E-state index in [1.807, 2.05) is 0 Å². The van der Waals surface area contributed by atoms with Gasteiger partial charge in [0.15, 0.2) is 40.4 Å². The molecule has 0 aliphatic heterocycles. The molecule has 0 aliphatic carbocycles. The van der Waals surface area contributed by atoms with Crippen LogP contribution >= 0.6 is 0 Å². The largest absolute Gasteiger partial charge is 0.450 e. The van der Waals surface area contributed by atoms with E-state index in [1.54, 1.807) is 0 Å². The number of halogens is 12. The zero-order valence-corrected chi connectivity index (χ0v) is 16.8. The molecule has 0 aliphatic rings. The number of hydrogen-bond donors (Lipinski definition) is 2. The Labute approximate surface area is 191 Å². The van der Waals surface area contributed by atoms with Gasteiger partial charge in [0.2, 0.25) is 5.82 Å². The fourth-order valence-electron chi connectivity index (χ4n) is 2.88. The van der Waals surface area contributed by atoms with Crippen molar-refractivity contribution in [3.63, 3.8) is 0 Å². The Bertz CT molecular complexity index is 1250. The van der Waals surface area contributed by atoms with E-state index < -0.39 is 92.8 Å². The predicted molar refractivity (Wildman–Crippen MR) is 98.1 cm³/mol. The summed E-state index contributed by atoms with van der Waals surface area (Å²) in [5, 5.41) is 0. The molecule has 16 heteroatoms. The van der Waals surface area contributed by atoms with Gasteiger partial charge in [0.05, 0.1) is 11.4 Å². The van der Waals surface area contributed by atoms with Gasteiger partial charge < -0.3 is 20.9 Å². The van der Waals surface area contributed by atoms with Gasteiger partial charge in [-0.25, -0.2) is 22.0 Å². The lowest BCUT2D eigenvalue weighted by molar-refractivity contribution is -0.149. The van der Waals surface area contributed by atoms with Gasteiger partial charge in [0, 0.05) is 24.3 Å². The topological polar surface area (TPSA) is 70.5 Å². The SMILES string of the molecule is Nc1cc(F)cc(Oc2c(F)c(Oc3cc(F)cc(N)c3F)c(C(F)(F)F)c(F)c2C(F)(F)F)c1F. The van der Waals surface area contributed by atoms with Crippen molar-refractivity contribution in [1.82, 2.24) is 0 Å². The van der Waals surface area contributed by atoms with Crippen LogP contribution in [0.5, 0.6) is 23.0 Å². The van der Waals surface area contributed by atoms with Crippen LogP contribution in [0.3, 0.4) is 0 Å². The second-order valence-corrected chi connectivity index (χ2v) is 6.85. The van der Waals surface area contributed by atoms with E-state index in [0.29, 0.717) is 12.1 Å². The zero-order chi connectivity index (χ0) is 27.3. The van der Waals surface area contributed by atoms with Crippen molar-refractivity contribution in [3.05, 3.63) is 70.3 Å². The summed E-state index contributed by atoms with van der Waals surface area (Å²) in [7, 11) is 0. The first-order valence-corrected chi connectivity index (χ1v) is 8.97. The van der Waals surface area contributed by atoms with E-state index in [1.165, 1.54) is 0 Å². The summed E-state index contributed by atoms with van der Waals surface area (Å²) in [6.45, 7) is 0. The number of rotatable bonds is 4. The van der Waals surface area contributed by atoms with Gasteiger partial charge in [-0.3, -0.25) is 0 Å². The average molecular weight is 536 g/mol. The van der Waals surface area contributed by atoms with Crippen LogP contribution in [0.15, 0.2) is 24.3 Å². The highest BCUT2D eigenvalue weighted by atomic mass is 19.4. The van der Waals surface area contributed by atoms with E-state index in [0.717, 1.165) is 0 Å². The van der Waals surface area contributed by atoms with Crippen molar-refractivity contribution in [3.8, 4) is 23.0 Å². The van der Waals surface area contributed by atoms with Gasteiger partial charge in [0.25, 0.3) is 0 Å². The predicted octanol–water partition coefficient (Wildman–Crippen LogP) is 7.31. The molecule has 0 fully saturated rings. The molecule has 0 unspecified atom stereocenters. The molecule has 0 aromatic heterocycles. The molecule has 4 N–H and O–H groups in total. The summed E-state index contributed by atoms with van der Waals surface area (Å²) >= 11 is 0. The maximum absolute atomic E-state index is 15.2. The van der Waals surface area contributed by atoms with Crippen molar-refractivity contribution >= 4 is 11.4 Å². The number of alkyl halides is 6. The fourth-order valence-corrected chi connectivity index (χ4v) is 2.88. The Morgan fingerprint density at radius 1 is 0.500 bits per heavy atom. The van der Waals surface area contributed by atoms with E-state index in [-0.39, 0.29) is 12.1 Å². The lowest BCUT2D eigenvalue weighted by Crippen LogP contribution is -2.20. The fraction of sp³-hybridized carbons (Fsp3) is 0.100. The minimum absolute atomic E-state index is 0.0222. The van der Waals surface area contributed by atoms with Gasteiger partial charge in [-0.1, -0.05) is 0 Å². The number of ether oxygens (including phenoxy) is 2. The quantitative estimate of drug-likeness (QED) is 0.271. The first-order chi connectivity index (χ1) is 16.4. The molecule has 3 aromatic carbocycles. The summed E-state index contributed by atoms with van der Waals surface area (Å²) in [4.78, 5) is 0. The summed E-state index contributed by atoms with van der Waals surface area (Å²) < 4.78 is 175. The molecule has 4 nitrogen and oxygen atoms in total. The molecule has 3 aromatic rings. The molecule has 0 spiro atoms. The molecule has 194 valence electrons. The normalized spacial score (nSPS) is 12.1. The Kier molecular flexibility index (Phi) is 6.59. The second-order valence-electron chi connectivity index (χ2n) is 6.85. The van der Waals surface area contributed by atoms with Gasteiger partial charge in [-0.2, -0.15) is 30.7 Å². The lowest BCUT2D eigenvalue weighted by atomic mass is 10.0. The van der Waals surface area contributed by atoms with Crippen LogP contribution in [0.25, 0.3) is 0 Å². The Hall–Kier alpha value is -3.98. The van der Waals surface area contributed by atoms with Gasteiger partial charge in [-0.05, 0) is 0 Å². The van der Waals surface area contributed by atoms with Gasteiger partial charge >= 0.3 is 12.4 Å². The maximum atomic E-state index is 15.2. The zero-order valence-electron chi connectivity index (χ0n) is 16.8. The minimum atomic E-state index is -6.12. The molecule has 0 saturated heterocycles. The molecule has 0 saturated carbocycles. The van der Waals surface area contributed by atoms with E-state index >= 15 is 4.39 Å². The van der Waals surface area contributed by atoms with Gasteiger partial charge in [-0.15, -0.1) is 0 Å². The third kappa shape index (κ3) is 4.87. The molecule has 3 rings (SSSR count). The van der Waals surface area contributed by atoms with Crippen LogP contribution in [0.4, 0.5) is 64.1 Å². The second kappa shape index (κ2) is 8.91. The van der Waals surface area contributed by atoms with Crippen molar-refractivity contribution in [1.29, 1.82) is 0 Å². The Morgan fingerprint density at radius 2 is 0.833 bits per heavy atom. The van der Waals surface area contributed by atoms with E-state index in [9.17, 15) is 48.3 Å². The molecule has 0 amide bonds. The van der Waals surface area contributed by atoms with Crippen LogP contribution in [-0.4, -0.2) is 0 Å². The third-order valence-corrected chi connectivity index (χ3v) is 4.35. The maximum Gasteiger partial charge on any atom is 0.422 e. The molecule has 0 heterocycles. The molecule has 36 heavy (non-hydrogen) atoms. The summed E-state index contributed by atoms with van der Waals surface area (Å²) in [6.07, 6.45) is -12.2. The monoisotopic (exact) mass is 536 g/mol. The highest BCUT2D eigenvalue weighted by Crippen LogP contribution is 2.52. The minimum Gasteiger partial charge on any atom is -0.450 e. The first-order valence-electron chi connectivity index (χ1n) is 8.97. The van der Waals surface area contributed by atoms with Crippen LogP contribution < -0.4 is 20.9 Å². The van der Waals surface area contributed by atoms with Crippen LogP contribution in [0.2, 0.25) is 0 Å². The Morgan fingerprint density at radius 3 is 1.14 bits per heavy atom. The van der Waals surface area contributed by atoms with E-state index in [2.05, 4.69) is 9.47 Å². The first kappa shape index (κ1) is 26.6. The van der Waals surface area contributed by atoms with Crippen molar-refractivity contribution < 1.29 is 62.2 Å². The lowest BCUT2D eigenvalue weighted by Gasteiger charge is -2.22. The molecule has 0 bridgehead atoms. The van der Waals surface area contributed by atoms with Crippen molar-refractivity contribution in [2.45, 2.75) is 12.4 Å². The highest BCUT2D eigenvalue weighted by molar-refractivity contribution is 5.57. The standard InChI is InChI=1S/C20H8F12N2O2/c21-5-1-7(33)13(23)9(3-5)35-17-11(19(27,28)29)15(25)12(20(30,31)32)18(16(17)26)36-10-4-6(22)2-8(34)14(10)24/h1-4H,33-34H2. The number of nitrogens with two attached hydrogens (primary N) is 2. The number of nitrogen functional groups attached to an aromatic ring is 2. The number of anilines is 2. The summed E-state index contributed by atoms with van der Waals surface area (Å²) in [5.41, 5.74) is 1.91. The average Bonchev–Trinajstić information content (AvgIpc) is 2.70. The van der Waals surface area contributed by atoms with Gasteiger partial charge in [0.1, 0.15) is 22.8 Å². The molecule has 0 radical (unpaired) electrons. The summed E-state index contributed by atoms with van der Waals surface area (Å²) in [6, 6.07) is 0.688. The Balaban J connectivity index is 2.41. The highest BCUT2D eigenvalue weighted by Gasteiger charge is 2.49. The smallest absolute Gasteiger partial charge is 0.422 e. The van der Waals surface area contributed by atoms with Crippen molar-refractivity contribution in [2.75, 3.05) is 11.5 Å². The van der Waals surface area contributed by atoms with Crippen LogP contribution in [0.1, 0.15) is 11.1 Å². The van der Waals surface area contributed by atoms with Crippen LogP contribution in [-0.2, 0) is 12.4 Å². The molecule has 0 atom stereocenters. The van der Waals surface area contributed by atoms with Crippen molar-refractivity contribution in [2.24, 2.45) is 0 Å². The number of benzene rings is 3. The number of hydrogen-bond acceptors (Lipinski definition) is 4. The third-order valence-electron chi connectivity index (χ3n) is 4.35. The summed E-state index contributed by atoms with van der Waals surface area (Å²) in [5.74, 6) is -20.6. The molecular formula is C20H8F12N2O2.